The number of H-pyrrole nitrogens is 1. The van der Waals surface area contributed by atoms with Crippen molar-refractivity contribution in [1.82, 2.24) is 9.88 Å². The fourth-order valence-electron chi connectivity index (χ4n) is 2.04. The van der Waals surface area contributed by atoms with Gasteiger partial charge in [-0.05, 0) is 32.4 Å². The highest BCUT2D eigenvalue weighted by molar-refractivity contribution is 5.95. The van der Waals surface area contributed by atoms with Gasteiger partial charge in [-0.3, -0.25) is 14.4 Å². The summed E-state index contributed by atoms with van der Waals surface area (Å²) in [7, 11) is 0. The van der Waals surface area contributed by atoms with E-state index in [2.05, 4.69) is 4.98 Å². The minimum absolute atomic E-state index is 0.0787. The molecule has 1 rings (SSSR count). The van der Waals surface area contributed by atoms with Gasteiger partial charge in [-0.1, -0.05) is 6.92 Å². The highest BCUT2D eigenvalue weighted by atomic mass is 16.4. The van der Waals surface area contributed by atoms with Crippen LogP contribution in [-0.4, -0.2) is 40.0 Å². The zero-order chi connectivity index (χ0) is 15.4. The average molecular weight is 280 g/mol. The Morgan fingerprint density at radius 3 is 2.45 bits per heavy atom. The van der Waals surface area contributed by atoms with Gasteiger partial charge >= 0.3 is 5.97 Å². The van der Waals surface area contributed by atoms with E-state index >= 15 is 0 Å². The summed E-state index contributed by atoms with van der Waals surface area (Å²) >= 11 is 0. The number of aromatic nitrogens is 1. The number of nitrogens with zero attached hydrogens (tertiary/aromatic N) is 1. The molecule has 0 fully saturated rings. The van der Waals surface area contributed by atoms with Crippen molar-refractivity contribution in [3.8, 4) is 0 Å². The van der Waals surface area contributed by atoms with Crippen molar-refractivity contribution in [2.45, 2.75) is 27.7 Å². The molecule has 0 radical (unpaired) electrons. The fraction of sp³-hybridized carbons (Fsp3) is 0.500. The molecule has 6 nitrogen and oxygen atoms in total. The van der Waals surface area contributed by atoms with Crippen molar-refractivity contribution in [1.29, 1.82) is 0 Å². The van der Waals surface area contributed by atoms with Crippen LogP contribution < -0.4 is 5.56 Å². The van der Waals surface area contributed by atoms with Gasteiger partial charge in [0.1, 0.15) is 5.56 Å². The number of amides is 1. The molecule has 6 heteroatoms. The number of pyridine rings is 1. The summed E-state index contributed by atoms with van der Waals surface area (Å²) in [5.74, 6) is -2.08. The molecule has 2 N–H and O–H groups in total. The molecular formula is C14H20N2O4. The SMILES string of the molecule is CCN(CC(C)C(=O)O)C(=O)c1c(C)cc(C)[nH]c1=O. The number of aromatic amines is 1. The predicted molar refractivity (Wildman–Crippen MR) is 74.9 cm³/mol. The van der Waals surface area contributed by atoms with E-state index in [-0.39, 0.29) is 12.1 Å². The lowest BCUT2D eigenvalue weighted by atomic mass is 10.1. The first kappa shape index (κ1) is 15.9. The molecule has 0 aliphatic carbocycles. The average Bonchev–Trinajstić information content (AvgIpc) is 2.33. The van der Waals surface area contributed by atoms with Crippen LogP contribution in [0.25, 0.3) is 0 Å². The molecule has 1 atom stereocenters. The lowest BCUT2D eigenvalue weighted by Crippen LogP contribution is -2.39. The third-order valence-corrected chi connectivity index (χ3v) is 3.16. The first-order chi connectivity index (χ1) is 9.27. The molecule has 0 aliphatic rings. The molecule has 1 aromatic heterocycles. The molecule has 0 bridgehead atoms. The molecule has 0 saturated heterocycles. The summed E-state index contributed by atoms with van der Waals surface area (Å²) in [5.41, 5.74) is 0.924. The van der Waals surface area contributed by atoms with Gasteiger partial charge in [0.2, 0.25) is 0 Å². The Hall–Kier alpha value is -2.11. The van der Waals surface area contributed by atoms with Gasteiger partial charge in [-0.25, -0.2) is 0 Å². The normalized spacial score (nSPS) is 12.0. The summed E-state index contributed by atoms with van der Waals surface area (Å²) < 4.78 is 0. The molecule has 1 amide bonds. The monoisotopic (exact) mass is 280 g/mol. The van der Waals surface area contributed by atoms with Crippen LogP contribution in [0.3, 0.4) is 0 Å². The summed E-state index contributed by atoms with van der Waals surface area (Å²) in [4.78, 5) is 39.2. The summed E-state index contributed by atoms with van der Waals surface area (Å²) in [6, 6.07) is 1.73. The molecule has 0 spiro atoms. The summed E-state index contributed by atoms with van der Waals surface area (Å²) in [6.07, 6.45) is 0. The van der Waals surface area contributed by atoms with E-state index in [1.807, 2.05) is 0 Å². The molecule has 0 saturated carbocycles. The Balaban J connectivity index is 3.09. The van der Waals surface area contributed by atoms with Crippen LogP contribution in [-0.2, 0) is 4.79 Å². The van der Waals surface area contributed by atoms with Crippen molar-refractivity contribution in [2.75, 3.05) is 13.1 Å². The summed E-state index contributed by atoms with van der Waals surface area (Å²) in [5, 5.41) is 8.92. The van der Waals surface area contributed by atoms with Crippen LogP contribution >= 0.6 is 0 Å². The topological polar surface area (TPSA) is 90.5 Å². The maximum absolute atomic E-state index is 12.4. The Bertz CT molecular complexity index is 577. The number of carboxylic acids is 1. The van der Waals surface area contributed by atoms with Gasteiger partial charge < -0.3 is 15.0 Å². The Morgan fingerprint density at radius 1 is 1.40 bits per heavy atom. The zero-order valence-corrected chi connectivity index (χ0v) is 12.2. The molecule has 20 heavy (non-hydrogen) atoms. The molecule has 1 heterocycles. The second kappa shape index (κ2) is 6.36. The van der Waals surface area contributed by atoms with Crippen LogP contribution in [0.4, 0.5) is 0 Å². The van der Waals surface area contributed by atoms with Gasteiger partial charge in [0.25, 0.3) is 11.5 Å². The second-order valence-corrected chi connectivity index (χ2v) is 4.92. The minimum atomic E-state index is -0.967. The number of hydrogen-bond acceptors (Lipinski definition) is 3. The Kier molecular flexibility index (Phi) is 5.07. The number of rotatable bonds is 5. The largest absolute Gasteiger partial charge is 0.481 e. The number of carbonyl (C=O) groups excluding carboxylic acids is 1. The molecule has 1 unspecified atom stereocenters. The molecule has 0 aromatic carbocycles. The maximum atomic E-state index is 12.4. The van der Waals surface area contributed by atoms with E-state index in [9.17, 15) is 14.4 Å². The summed E-state index contributed by atoms with van der Waals surface area (Å²) in [6.45, 7) is 7.16. The molecule has 0 aliphatic heterocycles. The number of carboxylic acid groups (broad SMARTS) is 1. The Labute approximate surface area is 117 Å². The maximum Gasteiger partial charge on any atom is 0.308 e. The number of aryl methyl sites for hydroxylation is 2. The minimum Gasteiger partial charge on any atom is -0.481 e. The van der Waals surface area contributed by atoms with Gasteiger partial charge in [0.05, 0.1) is 5.92 Å². The first-order valence-electron chi connectivity index (χ1n) is 6.50. The standard InChI is InChI=1S/C14H20N2O4/c1-5-16(7-9(3)14(19)20)13(18)11-8(2)6-10(4)15-12(11)17/h6,9H,5,7H2,1-4H3,(H,15,17)(H,19,20). The predicted octanol–water partition coefficient (Wildman–Crippen LogP) is 1.17. The van der Waals surface area contributed by atoms with Gasteiger partial charge in [0, 0.05) is 18.8 Å². The third-order valence-electron chi connectivity index (χ3n) is 3.16. The van der Waals surface area contributed by atoms with E-state index in [4.69, 9.17) is 5.11 Å². The van der Waals surface area contributed by atoms with E-state index in [1.54, 1.807) is 26.8 Å². The number of hydrogen-bond donors (Lipinski definition) is 2. The van der Waals surface area contributed by atoms with Gasteiger partial charge in [0.15, 0.2) is 0 Å². The van der Waals surface area contributed by atoms with Gasteiger partial charge in [-0.2, -0.15) is 0 Å². The van der Waals surface area contributed by atoms with Crippen LogP contribution in [0.5, 0.6) is 0 Å². The number of nitrogens with one attached hydrogen (secondary N) is 1. The Morgan fingerprint density at radius 2 is 2.00 bits per heavy atom. The van der Waals surface area contributed by atoms with Crippen LogP contribution in [0.1, 0.15) is 35.5 Å². The smallest absolute Gasteiger partial charge is 0.308 e. The van der Waals surface area contributed by atoms with Crippen molar-refractivity contribution in [2.24, 2.45) is 5.92 Å². The molecular weight excluding hydrogens is 260 g/mol. The first-order valence-corrected chi connectivity index (χ1v) is 6.50. The highest BCUT2D eigenvalue weighted by Gasteiger charge is 2.23. The van der Waals surface area contributed by atoms with E-state index in [1.165, 1.54) is 11.8 Å². The van der Waals surface area contributed by atoms with Crippen LogP contribution in [0.2, 0.25) is 0 Å². The van der Waals surface area contributed by atoms with Crippen LogP contribution in [0, 0.1) is 19.8 Å². The van der Waals surface area contributed by atoms with Gasteiger partial charge in [-0.15, -0.1) is 0 Å². The van der Waals surface area contributed by atoms with Crippen molar-refractivity contribution in [3.63, 3.8) is 0 Å². The lowest BCUT2D eigenvalue weighted by Gasteiger charge is -2.23. The van der Waals surface area contributed by atoms with Crippen molar-refractivity contribution in [3.05, 3.63) is 33.2 Å². The highest BCUT2D eigenvalue weighted by Crippen LogP contribution is 2.09. The quantitative estimate of drug-likeness (QED) is 0.847. The zero-order valence-electron chi connectivity index (χ0n) is 12.2. The van der Waals surface area contributed by atoms with E-state index < -0.39 is 23.4 Å². The van der Waals surface area contributed by atoms with Crippen molar-refractivity contribution < 1.29 is 14.7 Å². The fourth-order valence-corrected chi connectivity index (χ4v) is 2.04. The van der Waals surface area contributed by atoms with Crippen LogP contribution in [0.15, 0.2) is 10.9 Å². The van der Waals surface area contributed by atoms with Crippen molar-refractivity contribution >= 4 is 11.9 Å². The number of aliphatic carboxylic acids is 1. The number of carbonyl (C=O) groups is 2. The van der Waals surface area contributed by atoms with E-state index in [0.29, 0.717) is 17.8 Å². The molecule has 110 valence electrons. The second-order valence-electron chi connectivity index (χ2n) is 4.92. The molecule has 1 aromatic rings. The van der Waals surface area contributed by atoms with E-state index in [0.717, 1.165) is 0 Å². The lowest BCUT2D eigenvalue weighted by molar-refractivity contribution is -0.141. The third kappa shape index (κ3) is 3.46.